The number of halogens is 3. The molecule has 1 aliphatic carbocycles. The second-order valence-electron chi connectivity index (χ2n) is 5.90. The molecule has 2 aliphatic rings. The Morgan fingerprint density at radius 2 is 2.19 bits per heavy atom. The van der Waals surface area contributed by atoms with Crippen LogP contribution in [0.3, 0.4) is 0 Å². The van der Waals surface area contributed by atoms with Crippen LogP contribution in [-0.2, 0) is 11.3 Å². The van der Waals surface area contributed by atoms with E-state index < -0.39 is 12.7 Å². The lowest BCUT2D eigenvalue weighted by Crippen LogP contribution is -2.31. The molecule has 2 heterocycles. The molecule has 116 valence electrons. The van der Waals surface area contributed by atoms with Gasteiger partial charge in [-0.25, -0.2) is 0 Å². The Morgan fingerprint density at radius 1 is 1.48 bits per heavy atom. The molecule has 1 atom stereocenters. The molecular weight excluding hydrogens is 285 g/mol. The summed E-state index contributed by atoms with van der Waals surface area (Å²) in [6.07, 6.45) is 0.987. The largest absolute Gasteiger partial charge is 0.408 e. The lowest BCUT2D eigenvalue weighted by atomic mass is 9.92. The molecule has 1 saturated carbocycles. The maximum atomic E-state index is 12.2. The maximum Gasteiger partial charge on any atom is 0.408 e. The predicted molar refractivity (Wildman–Crippen MR) is 69.6 cm³/mol. The summed E-state index contributed by atoms with van der Waals surface area (Å²) >= 11 is 0. The van der Waals surface area contributed by atoms with E-state index >= 15 is 0 Å². The van der Waals surface area contributed by atoms with Crippen molar-refractivity contribution in [1.29, 1.82) is 0 Å². The molecule has 21 heavy (non-hydrogen) atoms. The van der Waals surface area contributed by atoms with Crippen LogP contribution < -0.4 is 10.6 Å². The molecule has 2 N–H and O–H groups in total. The van der Waals surface area contributed by atoms with Gasteiger partial charge in [-0.15, -0.1) is 0 Å². The minimum Gasteiger partial charge on any atom is -0.323 e. The third-order valence-corrected chi connectivity index (χ3v) is 4.35. The smallest absolute Gasteiger partial charge is 0.323 e. The first-order valence-corrected chi connectivity index (χ1v) is 6.99. The Hall–Kier alpha value is -1.57. The van der Waals surface area contributed by atoms with E-state index in [2.05, 4.69) is 15.7 Å². The van der Waals surface area contributed by atoms with E-state index in [0.717, 1.165) is 37.0 Å². The van der Waals surface area contributed by atoms with Gasteiger partial charge >= 0.3 is 6.18 Å². The Bertz CT molecular complexity index is 534. The van der Waals surface area contributed by atoms with Gasteiger partial charge in [-0.1, -0.05) is 0 Å². The van der Waals surface area contributed by atoms with Crippen LogP contribution in [0, 0.1) is 11.3 Å². The van der Waals surface area contributed by atoms with Crippen molar-refractivity contribution < 1.29 is 18.0 Å². The molecule has 8 heteroatoms. The fourth-order valence-corrected chi connectivity index (χ4v) is 3.12. The number of rotatable bonds is 3. The monoisotopic (exact) mass is 302 g/mol. The first-order chi connectivity index (χ1) is 9.88. The Balaban J connectivity index is 1.56. The standard InChI is InChI=1S/C13H17F3N4O/c14-13(15,16)8-20-7-9(6-18-20)19-11(21)10-5-12(10)1-3-17-4-2-12/h6-7,10,17H,1-5,8H2,(H,19,21). The number of amides is 1. The van der Waals surface area contributed by atoms with E-state index in [4.69, 9.17) is 0 Å². The lowest BCUT2D eigenvalue weighted by Gasteiger charge is -2.23. The number of aromatic nitrogens is 2. The molecule has 5 nitrogen and oxygen atoms in total. The highest BCUT2D eigenvalue weighted by Gasteiger charge is 2.57. The van der Waals surface area contributed by atoms with Gasteiger partial charge in [-0.2, -0.15) is 18.3 Å². The summed E-state index contributed by atoms with van der Waals surface area (Å²) in [5.74, 6) is -0.131. The van der Waals surface area contributed by atoms with Crippen LogP contribution in [0.5, 0.6) is 0 Å². The van der Waals surface area contributed by atoms with E-state index in [1.807, 2.05) is 0 Å². The highest BCUT2D eigenvalue weighted by molar-refractivity contribution is 5.94. The molecule has 0 aromatic carbocycles. The van der Waals surface area contributed by atoms with Gasteiger partial charge in [0.1, 0.15) is 6.54 Å². The van der Waals surface area contributed by atoms with Gasteiger partial charge in [-0.05, 0) is 37.8 Å². The van der Waals surface area contributed by atoms with E-state index in [1.54, 1.807) is 0 Å². The van der Waals surface area contributed by atoms with Gasteiger partial charge < -0.3 is 10.6 Å². The van der Waals surface area contributed by atoms with Crippen molar-refractivity contribution >= 4 is 11.6 Å². The fourth-order valence-electron chi connectivity index (χ4n) is 3.12. The normalized spacial score (nSPS) is 24.0. The summed E-state index contributed by atoms with van der Waals surface area (Å²) in [5.41, 5.74) is 0.428. The average Bonchev–Trinajstić information content (AvgIpc) is 2.90. The highest BCUT2D eigenvalue weighted by atomic mass is 19.4. The fraction of sp³-hybridized carbons (Fsp3) is 0.692. The summed E-state index contributed by atoms with van der Waals surface area (Å²) in [6.45, 7) is 0.697. The van der Waals surface area contributed by atoms with Crippen molar-refractivity contribution in [1.82, 2.24) is 15.1 Å². The summed E-state index contributed by atoms with van der Waals surface area (Å²) in [6, 6.07) is 0. The van der Waals surface area contributed by atoms with Gasteiger partial charge in [0.25, 0.3) is 0 Å². The van der Waals surface area contributed by atoms with E-state index in [1.165, 1.54) is 12.4 Å². The van der Waals surface area contributed by atoms with Gasteiger partial charge in [0.2, 0.25) is 5.91 Å². The van der Waals surface area contributed by atoms with Crippen molar-refractivity contribution in [3.8, 4) is 0 Å². The van der Waals surface area contributed by atoms with Crippen LogP contribution in [0.15, 0.2) is 12.4 Å². The SMILES string of the molecule is O=C(Nc1cnn(CC(F)(F)F)c1)C1CC12CCNCC2. The molecule has 1 spiro atoms. The van der Waals surface area contributed by atoms with Gasteiger partial charge in [0, 0.05) is 12.1 Å². The first-order valence-electron chi connectivity index (χ1n) is 6.99. The zero-order valence-corrected chi connectivity index (χ0v) is 11.4. The molecule has 0 radical (unpaired) electrons. The molecule has 3 rings (SSSR count). The first kappa shape index (κ1) is 14.4. The Kier molecular flexibility index (Phi) is 3.43. The van der Waals surface area contributed by atoms with E-state index in [0.29, 0.717) is 5.69 Å². The van der Waals surface area contributed by atoms with Gasteiger partial charge in [0.05, 0.1) is 11.9 Å². The van der Waals surface area contributed by atoms with E-state index in [-0.39, 0.29) is 17.2 Å². The lowest BCUT2D eigenvalue weighted by molar-refractivity contribution is -0.142. The Morgan fingerprint density at radius 3 is 2.86 bits per heavy atom. The van der Waals surface area contributed by atoms with Crippen molar-refractivity contribution in [3.05, 3.63) is 12.4 Å². The average molecular weight is 302 g/mol. The minimum absolute atomic E-state index is 0.0226. The molecule has 1 aromatic rings. The molecular formula is C13H17F3N4O. The number of carbonyl (C=O) groups excluding carboxylic acids is 1. The second-order valence-corrected chi connectivity index (χ2v) is 5.90. The molecule has 1 unspecified atom stereocenters. The van der Waals surface area contributed by atoms with E-state index in [9.17, 15) is 18.0 Å². The summed E-state index contributed by atoms with van der Waals surface area (Å²) in [7, 11) is 0. The molecule has 1 saturated heterocycles. The van der Waals surface area contributed by atoms with Crippen molar-refractivity contribution in [3.63, 3.8) is 0 Å². The molecule has 1 aliphatic heterocycles. The minimum atomic E-state index is -4.32. The number of hydrogen-bond donors (Lipinski definition) is 2. The number of nitrogens with one attached hydrogen (secondary N) is 2. The zero-order chi connectivity index (χ0) is 15.1. The summed E-state index contributed by atoms with van der Waals surface area (Å²) in [4.78, 5) is 12.2. The predicted octanol–water partition coefficient (Wildman–Crippen LogP) is 1.77. The van der Waals surface area contributed by atoms with Crippen molar-refractivity contribution in [2.24, 2.45) is 11.3 Å². The quantitative estimate of drug-likeness (QED) is 0.894. The third-order valence-electron chi connectivity index (χ3n) is 4.35. The van der Waals surface area contributed by atoms with Crippen LogP contribution in [0.4, 0.5) is 18.9 Å². The van der Waals surface area contributed by atoms with Crippen LogP contribution in [0.1, 0.15) is 19.3 Å². The van der Waals surface area contributed by atoms with Gasteiger partial charge in [-0.3, -0.25) is 9.48 Å². The van der Waals surface area contributed by atoms with Crippen LogP contribution >= 0.6 is 0 Å². The summed E-state index contributed by atoms with van der Waals surface area (Å²) in [5, 5.41) is 9.54. The van der Waals surface area contributed by atoms with Crippen LogP contribution in [0.2, 0.25) is 0 Å². The number of piperidine rings is 1. The molecule has 0 bridgehead atoms. The third kappa shape index (κ3) is 3.20. The zero-order valence-electron chi connectivity index (χ0n) is 11.4. The van der Waals surface area contributed by atoms with Crippen molar-refractivity contribution in [2.45, 2.75) is 32.0 Å². The maximum absolute atomic E-state index is 12.2. The second kappa shape index (κ2) is 5.01. The molecule has 1 aromatic heterocycles. The number of hydrogen-bond acceptors (Lipinski definition) is 3. The molecule has 2 fully saturated rings. The Labute approximate surface area is 119 Å². The topological polar surface area (TPSA) is 59.0 Å². The van der Waals surface area contributed by atoms with Gasteiger partial charge in [0.15, 0.2) is 0 Å². The number of carbonyl (C=O) groups is 1. The number of anilines is 1. The number of alkyl halides is 3. The number of nitrogens with zero attached hydrogens (tertiary/aromatic N) is 2. The summed E-state index contributed by atoms with van der Waals surface area (Å²) < 4.78 is 37.5. The highest BCUT2D eigenvalue weighted by Crippen LogP contribution is 2.58. The van der Waals surface area contributed by atoms with Crippen LogP contribution in [-0.4, -0.2) is 35.0 Å². The molecule has 1 amide bonds. The van der Waals surface area contributed by atoms with Crippen molar-refractivity contribution in [2.75, 3.05) is 18.4 Å². The van der Waals surface area contributed by atoms with Crippen LogP contribution in [0.25, 0.3) is 0 Å².